The van der Waals surface area contributed by atoms with Gasteiger partial charge in [0, 0.05) is 38.6 Å². The maximum Gasteiger partial charge on any atom is 0.265 e. The van der Waals surface area contributed by atoms with E-state index >= 15 is 0 Å². The summed E-state index contributed by atoms with van der Waals surface area (Å²) < 4.78 is 26.7. The van der Waals surface area contributed by atoms with Gasteiger partial charge in [0.15, 0.2) is 0 Å². The molecule has 1 aliphatic heterocycles. The van der Waals surface area contributed by atoms with Crippen LogP contribution in [0.2, 0.25) is 0 Å². The van der Waals surface area contributed by atoms with Gasteiger partial charge in [-0.2, -0.15) is 0 Å². The van der Waals surface area contributed by atoms with E-state index in [1.165, 1.54) is 0 Å². The molecule has 0 aromatic heterocycles. The average molecular weight is 221 g/mol. The topological polar surface area (TPSA) is 41.3 Å². The maximum absolute atomic E-state index is 13.4. The third-order valence-electron chi connectivity index (χ3n) is 2.92. The number of halogens is 2. The molecule has 90 valence electrons. The number of alkyl halides is 2. The zero-order valence-electron chi connectivity index (χ0n) is 9.47. The van der Waals surface area contributed by atoms with Crippen LogP contribution >= 0.6 is 0 Å². The van der Waals surface area contributed by atoms with Crippen molar-refractivity contribution in [2.24, 2.45) is 5.73 Å². The quantitative estimate of drug-likeness (QED) is 0.716. The predicted molar refractivity (Wildman–Crippen MR) is 57.1 cm³/mol. The fourth-order valence-electron chi connectivity index (χ4n) is 1.90. The Bertz CT molecular complexity index is 197. The van der Waals surface area contributed by atoms with E-state index in [1.807, 2.05) is 18.7 Å². The molecule has 1 aliphatic rings. The molecule has 0 aliphatic carbocycles. The normalized spacial score (nSPS) is 25.4. The van der Waals surface area contributed by atoms with Gasteiger partial charge >= 0.3 is 0 Å². The summed E-state index contributed by atoms with van der Waals surface area (Å²) in [6.45, 7) is 5.97. The molecule has 0 aromatic rings. The Morgan fingerprint density at radius 3 is 2.60 bits per heavy atom. The van der Waals surface area contributed by atoms with Crippen LogP contribution in [-0.2, 0) is 0 Å². The summed E-state index contributed by atoms with van der Waals surface area (Å²) >= 11 is 0. The van der Waals surface area contributed by atoms with Crippen molar-refractivity contribution in [2.75, 3.05) is 26.2 Å². The zero-order valence-corrected chi connectivity index (χ0v) is 9.47. The molecule has 0 saturated carbocycles. The van der Waals surface area contributed by atoms with Crippen molar-refractivity contribution < 1.29 is 8.78 Å². The molecule has 5 heteroatoms. The van der Waals surface area contributed by atoms with E-state index in [9.17, 15) is 8.78 Å². The van der Waals surface area contributed by atoms with Gasteiger partial charge in [0.2, 0.25) is 0 Å². The Hall–Kier alpha value is -0.260. The molecule has 1 saturated heterocycles. The first-order valence-corrected chi connectivity index (χ1v) is 5.52. The minimum Gasteiger partial charge on any atom is -0.329 e. The van der Waals surface area contributed by atoms with E-state index in [1.54, 1.807) is 0 Å². The number of hydrogen-bond donors (Lipinski definition) is 2. The molecule has 15 heavy (non-hydrogen) atoms. The van der Waals surface area contributed by atoms with Gasteiger partial charge in [-0.1, -0.05) is 0 Å². The van der Waals surface area contributed by atoms with E-state index in [0.29, 0.717) is 26.2 Å². The molecule has 0 spiro atoms. The smallest absolute Gasteiger partial charge is 0.265 e. The summed E-state index contributed by atoms with van der Waals surface area (Å²) in [5, 5.41) is 2.86. The molecule has 0 amide bonds. The lowest BCUT2D eigenvalue weighted by molar-refractivity contribution is -0.0229. The van der Waals surface area contributed by atoms with Gasteiger partial charge < -0.3 is 11.1 Å². The lowest BCUT2D eigenvalue weighted by atomic mass is 10.1. The van der Waals surface area contributed by atoms with E-state index in [0.717, 1.165) is 0 Å². The van der Waals surface area contributed by atoms with E-state index in [-0.39, 0.29) is 12.5 Å². The van der Waals surface area contributed by atoms with Gasteiger partial charge in [-0.05, 0) is 13.8 Å². The molecular weight excluding hydrogens is 200 g/mol. The van der Waals surface area contributed by atoms with Crippen LogP contribution in [-0.4, -0.2) is 49.1 Å². The largest absolute Gasteiger partial charge is 0.329 e. The lowest BCUT2D eigenvalue weighted by Gasteiger charge is -2.30. The molecule has 3 nitrogen and oxygen atoms in total. The van der Waals surface area contributed by atoms with E-state index in [2.05, 4.69) is 5.32 Å². The minimum absolute atomic E-state index is 0.0494. The van der Waals surface area contributed by atoms with Crippen LogP contribution in [0.25, 0.3) is 0 Å². The summed E-state index contributed by atoms with van der Waals surface area (Å²) in [6, 6.07) is -0.460. The molecule has 1 fully saturated rings. The number of nitrogens with two attached hydrogens (primary N) is 1. The van der Waals surface area contributed by atoms with Crippen LogP contribution in [0.1, 0.15) is 20.3 Å². The second-order valence-corrected chi connectivity index (χ2v) is 4.40. The number of hydrogen-bond acceptors (Lipinski definition) is 3. The third kappa shape index (κ3) is 3.36. The second kappa shape index (κ2) is 5.18. The Morgan fingerprint density at radius 1 is 1.53 bits per heavy atom. The summed E-state index contributed by atoms with van der Waals surface area (Å²) in [4.78, 5) is 2.00. The Balaban J connectivity index is 2.50. The lowest BCUT2D eigenvalue weighted by Crippen LogP contribution is -2.49. The molecule has 0 aromatic carbocycles. The van der Waals surface area contributed by atoms with Crippen LogP contribution < -0.4 is 11.1 Å². The predicted octanol–water partition coefficient (Wildman–Crippen LogP) is 0.653. The summed E-state index contributed by atoms with van der Waals surface area (Å²) in [7, 11) is 0. The molecule has 0 bridgehead atoms. The first-order valence-electron chi connectivity index (χ1n) is 5.52. The molecule has 3 N–H and O–H groups in total. The fraction of sp³-hybridized carbons (Fsp3) is 1.00. The molecule has 1 unspecified atom stereocenters. The number of rotatable bonds is 5. The highest BCUT2D eigenvalue weighted by Gasteiger charge is 2.44. The van der Waals surface area contributed by atoms with Crippen molar-refractivity contribution in [2.45, 2.75) is 38.3 Å². The second-order valence-electron chi connectivity index (χ2n) is 4.40. The monoisotopic (exact) mass is 221 g/mol. The van der Waals surface area contributed by atoms with Gasteiger partial charge in [-0.3, -0.25) is 4.90 Å². The van der Waals surface area contributed by atoms with Crippen LogP contribution in [0.5, 0.6) is 0 Å². The molecule has 0 radical (unpaired) electrons. The maximum atomic E-state index is 13.4. The number of nitrogens with one attached hydrogen (secondary N) is 1. The van der Waals surface area contributed by atoms with Gasteiger partial charge in [-0.25, -0.2) is 8.78 Å². The average Bonchev–Trinajstić information content (AvgIpc) is 2.45. The van der Waals surface area contributed by atoms with Gasteiger partial charge in [0.05, 0.1) is 6.04 Å². The van der Waals surface area contributed by atoms with E-state index in [4.69, 9.17) is 5.73 Å². The van der Waals surface area contributed by atoms with Crippen molar-refractivity contribution >= 4 is 0 Å². The zero-order chi connectivity index (χ0) is 11.5. The summed E-state index contributed by atoms with van der Waals surface area (Å²) in [5.74, 6) is -2.57. The minimum atomic E-state index is -2.57. The highest BCUT2D eigenvalue weighted by molar-refractivity contribution is 4.92. The standard InChI is InChI=1S/C10H21F2N3/c1-8(2)15(6-4-13)7-9-10(11,12)3-5-14-9/h8-9,14H,3-7,13H2,1-2H3. The Labute approximate surface area is 90.0 Å². The van der Waals surface area contributed by atoms with Crippen molar-refractivity contribution in [1.29, 1.82) is 0 Å². The summed E-state index contributed by atoms with van der Waals surface area (Å²) in [5.41, 5.74) is 5.46. The first kappa shape index (κ1) is 12.8. The SMILES string of the molecule is CC(C)N(CCN)CC1NCCC1(F)F. The van der Waals surface area contributed by atoms with Crippen molar-refractivity contribution in [3.8, 4) is 0 Å². The van der Waals surface area contributed by atoms with Crippen LogP contribution in [0.3, 0.4) is 0 Å². The highest BCUT2D eigenvalue weighted by atomic mass is 19.3. The van der Waals surface area contributed by atoms with Gasteiger partial charge in [0.1, 0.15) is 0 Å². The molecule has 1 rings (SSSR count). The highest BCUT2D eigenvalue weighted by Crippen LogP contribution is 2.28. The van der Waals surface area contributed by atoms with Crippen LogP contribution in [0.15, 0.2) is 0 Å². The van der Waals surface area contributed by atoms with Crippen molar-refractivity contribution in [3.05, 3.63) is 0 Å². The van der Waals surface area contributed by atoms with Crippen molar-refractivity contribution in [3.63, 3.8) is 0 Å². The number of nitrogens with zero attached hydrogens (tertiary/aromatic N) is 1. The molecule has 1 atom stereocenters. The van der Waals surface area contributed by atoms with Crippen LogP contribution in [0, 0.1) is 0 Å². The molecule has 1 heterocycles. The van der Waals surface area contributed by atoms with Crippen LogP contribution in [0.4, 0.5) is 8.78 Å². The molecular formula is C10H21F2N3. The Kier molecular flexibility index (Phi) is 4.43. The Morgan fingerprint density at radius 2 is 2.20 bits per heavy atom. The van der Waals surface area contributed by atoms with Gasteiger partial charge in [-0.15, -0.1) is 0 Å². The first-order chi connectivity index (χ1) is 6.97. The van der Waals surface area contributed by atoms with Gasteiger partial charge in [0.25, 0.3) is 5.92 Å². The fourth-order valence-corrected chi connectivity index (χ4v) is 1.90. The summed E-state index contributed by atoms with van der Waals surface area (Å²) in [6.07, 6.45) is -0.0494. The van der Waals surface area contributed by atoms with E-state index < -0.39 is 12.0 Å². The van der Waals surface area contributed by atoms with Crippen molar-refractivity contribution in [1.82, 2.24) is 10.2 Å². The third-order valence-corrected chi connectivity index (χ3v) is 2.92.